The molecule has 1 unspecified atom stereocenters. The molecular weight excluding hydrogens is 202 g/mol. The third-order valence-corrected chi connectivity index (χ3v) is 2.99. The molecule has 0 spiro atoms. The van der Waals surface area contributed by atoms with E-state index in [9.17, 15) is 4.79 Å². The predicted octanol–water partition coefficient (Wildman–Crippen LogP) is 0.442. The van der Waals surface area contributed by atoms with Crippen LogP contribution in [-0.4, -0.2) is 50.1 Å². The van der Waals surface area contributed by atoms with Gasteiger partial charge in [-0.1, -0.05) is 13.8 Å². The van der Waals surface area contributed by atoms with Gasteiger partial charge in [0.25, 0.3) is 0 Å². The van der Waals surface area contributed by atoms with Gasteiger partial charge in [0, 0.05) is 19.1 Å². The quantitative estimate of drug-likeness (QED) is 0.716. The van der Waals surface area contributed by atoms with E-state index in [2.05, 4.69) is 29.4 Å². The Kier molecular flexibility index (Phi) is 5.77. The van der Waals surface area contributed by atoms with Crippen molar-refractivity contribution in [3.05, 3.63) is 0 Å². The molecule has 1 fully saturated rings. The minimum absolute atomic E-state index is 0.141. The van der Waals surface area contributed by atoms with Crippen molar-refractivity contribution in [2.75, 3.05) is 33.2 Å². The van der Waals surface area contributed by atoms with Crippen LogP contribution in [0.15, 0.2) is 0 Å². The molecule has 16 heavy (non-hydrogen) atoms. The summed E-state index contributed by atoms with van der Waals surface area (Å²) in [5.41, 5.74) is 0. The van der Waals surface area contributed by atoms with Gasteiger partial charge in [-0.05, 0) is 32.4 Å². The lowest BCUT2D eigenvalue weighted by Crippen LogP contribution is -2.47. The van der Waals surface area contributed by atoms with Gasteiger partial charge in [0.15, 0.2) is 0 Å². The van der Waals surface area contributed by atoms with Crippen LogP contribution in [0, 0.1) is 5.92 Å². The van der Waals surface area contributed by atoms with Gasteiger partial charge in [-0.15, -0.1) is 0 Å². The van der Waals surface area contributed by atoms with E-state index in [0.29, 0.717) is 18.5 Å². The van der Waals surface area contributed by atoms with Gasteiger partial charge in [-0.3, -0.25) is 9.69 Å². The van der Waals surface area contributed by atoms with Crippen molar-refractivity contribution < 1.29 is 4.79 Å². The molecule has 0 saturated carbocycles. The summed E-state index contributed by atoms with van der Waals surface area (Å²) < 4.78 is 0. The first-order valence-corrected chi connectivity index (χ1v) is 6.27. The van der Waals surface area contributed by atoms with Crippen molar-refractivity contribution >= 4 is 5.91 Å². The standard InChI is InChI=1S/C12H25N3O/c1-10(2)7-14-12(16)9-15(3)11-5-4-6-13-8-11/h10-11,13H,4-9H2,1-3H3,(H,14,16). The van der Waals surface area contributed by atoms with Crippen LogP contribution in [0.1, 0.15) is 26.7 Å². The number of amides is 1. The van der Waals surface area contributed by atoms with E-state index in [1.807, 2.05) is 7.05 Å². The second kappa shape index (κ2) is 6.86. The number of piperidine rings is 1. The highest BCUT2D eigenvalue weighted by Crippen LogP contribution is 2.07. The summed E-state index contributed by atoms with van der Waals surface area (Å²) in [6, 6.07) is 0.513. The molecule has 0 aromatic rings. The SMILES string of the molecule is CC(C)CNC(=O)CN(C)C1CCCNC1. The lowest BCUT2D eigenvalue weighted by Gasteiger charge is -2.31. The molecule has 0 bridgehead atoms. The second-order valence-corrected chi connectivity index (χ2v) is 5.11. The maximum Gasteiger partial charge on any atom is 0.234 e. The van der Waals surface area contributed by atoms with Crippen LogP contribution in [0.25, 0.3) is 0 Å². The third-order valence-electron chi connectivity index (χ3n) is 2.99. The first kappa shape index (κ1) is 13.5. The van der Waals surface area contributed by atoms with Crippen LogP contribution in [0.5, 0.6) is 0 Å². The van der Waals surface area contributed by atoms with Crippen molar-refractivity contribution in [2.24, 2.45) is 5.92 Å². The molecule has 1 saturated heterocycles. The van der Waals surface area contributed by atoms with Crippen LogP contribution in [-0.2, 0) is 4.79 Å². The average Bonchev–Trinajstić information content (AvgIpc) is 2.27. The number of carbonyl (C=O) groups is 1. The zero-order valence-corrected chi connectivity index (χ0v) is 10.8. The maximum atomic E-state index is 11.6. The zero-order chi connectivity index (χ0) is 12.0. The highest BCUT2D eigenvalue weighted by molar-refractivity contribution is 5.78. The van der Waals surface area contributed by atoms with Crippen molar-refractivity contribution in [2.45, 2.75) is 32.7 Å². The highest BCUT2D eigenvalue weighted by atomic mass is 16.2. The Labute approximate surface area is 98.8 Å². The topological polar surface area (TPSA) is 44.4 Å². The van der Waals surface area contributed by atoms with Crippen molar-refractivity contribution in [3.8, 4) is 0 Å². The molecule has 1 aliphatic heterocycles. The van der Waals surface area contributed by atoms with Gasteiger partial charge < -0.3 is 10.6 Å². The molecule has 0 aliphatic carbocycles. The molecule has 1 amide bonds. The summed E-state index contributed by atoms with van der Waals surface area (Å²) in [6.07, 6.45) is 2.41. The Morgan fingerprint density at radius 3 is 2.88 bits per heavy atom. The first-order chi connectivity index (χ1) is 7.59. The van der Waals surface area contributed by atoms with Crippen molar-refractivity contribution in [1.29, 1.82) is 0 Å². The monoisotopic (exact) mass is 227 g/mol. The van der Waals surface area contributed by atoms with E-state index < -0.39 is 0 Å². The number of nitrogens with zero attached hydrogens (tertiary/aromatic N) is 1. The van der Waals surface area contributed by atoms with Gasteiger partial charge in [0.1, 0.15) is 0 Å². The third kappa shape index (κ3) is 4.94. The van der Waals surface area contributed by atoms with Gasteiger partial charge in [0.05, 0.1) is 6.54 Å². The van der Waals surface area contributed by atoms with Crippen LogP contribution in [0.2, 0.25) is 0 Å². The number of hydrogen-bond donors (Lipinski definition) is 2. The van der Waals surface area contributed by atoms with Crippen molar-refractivity contribution in [1.82, 2.24) is 15.5 Å². The Morgan fingerprint density at radius 1 is 1.56 bits per heavy atom. The van der Waals surface area contributed by atoms with E-state index >= 15 is 0 Å². The van der Waals surface area contributed by atoms with E-state index in [0.717, 1.165) is 19.6 Å². The molecular formula is C12H25N3O. The van der Waals surface area contributed by atoms with Crippen LogP contribution in [0.4, 0.5) is 0 Å². The Balaban J connectivity index is 2.21. The fourth-order valence-corrected chi connectivity index (χ4v) is 1.94. The Bertz CT molecular complexity index is 212. The normalized spacial score (nSPS) is 21.4. The molecule has 1 atom stereocenters. The van der Waals surface area contributed by atoms with Crippen LogP contribution in [0.3, 0.4) is 0 Å². The largest absolute Gasteiger partial charge is 0.355 e. The zero-order valence-electron chi connectivity index (χ0n) is 10.8. The maximum absolute atomic E-state index is 11.6. The summed E-state index contributed by atoms with van der Waals surface area (Å²) in [5.74, 6) is 0.660. The fourth-order valence-electron chi connectivity index (χ4n) is 1.94. The molecule has 0 aromatic carbocycles. The molecule has 0 aromatic heterocycles. The predicted molar refractivity (Wildman–Crippen MR) is 66.4 cm³/mol. The molecule has 1 heterocycles. The number of hydrogen-bond acceptors (Lipinski definition) is 3. The summed E-state index contributed by atoms with van der Waals surface area (Å²) in [6.45, 7) is 7.62. The fraction of sp³-hybridized carbons (Fsp3) is 0.917. The molecule has 0 radical (unpaired) electrons. The van der Waals surface area contributed by atoms with Gasteiger partial charge in [-0.2, -0.15) is 0 Å². The average molecular weight is 227 g/mol. The molecule has 1 rings (SSSR count). The number of carbonyl (C=O) groups excluding carboxylic acids is 1. The van der Waals surface area contributed by atoms with Crippen LogP contribution < -0.4 is 10.6 Å². The van der Waals surface area contributed by atoms with E-state index in [-0.39, 0.29) is 5.91 Å². The summed E-state index contributed by atoms with van der Waals surface area (Å²) in [5, 5.41) is 6.32. The minimum atomic E-state index is 0.141. The van der Waals surface area contributed by atoms with Crippen LogP contribution >= 0.6 is 0 Å². The smallest absolute Gasteiger partial charge is 0.234 e. The number of nitrogens with one attached hydrogen (secondary N) is 2. The lowest BCUT2D eigenvalue weighted by molar-refractivity contribution is -0.122. The van der Waals surface area contributed by atoms with E-state index in [4.69, 9.17) is 0 Å². The van der Waals surface area contributed by atoms with E-state index in [1.165, 1.54) is 12.8 Å². The van der Waals surface area contributed by atoms with Crippen molar-refractivity contribution in [3.63, 3.8) is 0 Å². The van der Waals surface area contributed by atoms with Gasteiger partial charge in [0.2, 0.25) is 5.91 Å². The van der Waals surface area contributed by atoms with Gasteiger partial charge in [-0.25, -0.2) is 0 Å². The number of likely N-dealkylation sites (N-methyl/N-ethyl adjacent to an activating group) is 1. The minimum Gasteiger partial charge on any atom is -0.355 e. The molecule has 94 valence electrons. The van der Waals surface area contributed by atoms with E-state index in [1.54, 1.807) is 0 Å². The first-order valence-electron chi connectivity index (χ1n) is 6.27. The summed E-state index contributed by atoms with van der Waals surface area (Å²) >= 11 is 0. The molecule has 1 aliphatic rings. The molecule has 4 heteroatoms. The number of rotatable bonds is 5. The summed E-state index contributed by atoms with van der Waals surface area (Å²) in [4.78, 5) is 13.8. The highest BCUT2D eigenvalue weighted by Gasteiger charge is 2.19. The molecule has 4 nitrogen and oxygen atoms in total. The van der Waals surface area contributed by atoms with Gasteiger partial charge >= 0.3 is 0 Å². The molecule has 2 N–H and O–H groups in total. The summed E-state index contributed by atoms with van der Waals surface area (Å²) in [7, 11) is 2.03. The lowest BCUT2D eigenvalue weighted by atomic mass is 10.1. The Morgan fingerprint density at radius 2 is 2.31 bits per heavy atom. The Hall–Kier alpha value is -0.610. The second-order valence-electron chi connectivity index (χ2n) is 5.11.